The first-order valence-corrected chi connectivity index (χ1v) is 4.77. The highest BCUT2D eigenvalue weighted by Gasteiger charge is 1.96. The quantitative estimate of drug-likeness (QED) is 0.833. The minimum Gasteiger partial charge on any atom is -0.367 e. The van der Waals surface area contributed by atoms with Gasteiger partial charge in [-0.2, -0.15) is 10.1 Å². The highest BCUT2D eigenvalue weighted by Crippen LogP contribution is 2.02. The van der Waals surface area contributed by atoms with Gasteiger partial charge in [-0.3, -0.25) is 0 Å². The van der Waals surface area contributed by atoms with Crippen molar-refractivity contribution in [2.45, 2.75) is 6.54 Å². The lowest BCUT2D eigenvalue weighted by Crippen LogP contribution is -2.10. The molecular weight excluding hydrogens is 216 g/mol. The number of nitrogens with one attached hydrogen (secondary N) is 1. The molecule has 0 aromatic carbocycles. The van der Waals surface area contributed by atoms with Gasteiger partial charge in [0.2, 0.25) is 5.28 Å². The number of aromatic nitrogens is 5. The van der Waals surface area contributed by atoms with Gasteiger partial charge in [0.25, 0.3) is 0 Å². The van der Waals surface area contributed by atoms with E-state index in [2.05, 4.69) is 25.5 Å². The lowest BCUT2D eigenvalue weighted by molar-refractivity contribution is 0.724. The van der Waals surface area contributed by atoms with Crippen molar-refractivity contribution in [2.24, 2.45) is 0 Å². The van der Waals surface area contributed by atoms with Crippen molar-refractivity contribution in [1.82, 2.24) is 24.7 Å². The number of imidazole rings is 1. The Kier molecular flexibility index (Phi) is 3.08. The lowest BCUT2D eigenvalue weighted by atomic mass is 10.5. The van der Waals surface area contributed by atoms with Gasteiger partial charge in [-0.1, -0.05) is 0 Å². The third-order valence-corrected chi connectivity index (χ3v) is 1.93. The van der Waals surface area contributed by atoms with Gasteiger partial charge >= 0.3 is 0 Å². The fourth-order valence-corrected chi connectivity index (χ4v) is 1.23. The molecule has 2 aromatic rings. The maximum absolute atomic E-state index is 5.58. The Bertz CT molecular complexity index is 415. The van der Waals surface area contributed by atoms with Crippen molar-refractivity contribution < 1.29 is 0 Å². The number of rotatable bonds is 4. The molecule has 15 heavy (non-hydrogen) atoms. The van der Waals surface area contributed by atoms with Crippen LogP contribution in [0.3, 0.4) is 0 Å². The molecule has 0 aliphatic carbocycles. The van der Waals surface area contributed by atoms with E-state index in [0.717, 1.165) is 13.1 Å². The lowest BCUT2D eigenvalue weighted by Gasteiger charge is -2.04. The zero-order chi connectivity index (χ0) is 10.5. The average molecular weight is 225 g/mol. The Morgan fingerprint density at radius 2 is 2.40 bits per heavy atom. The van der Waals surface area contributed by atoms with Gasteiger partial charge in [0.1, 0.15) is 5.82 Å². The Labute approximate surface area is 91.3 Å². The van der Waals surface area contributed by atoms with Gasteiger partial charge in [0, 0.05) is 25.5 Å². The van der Waals surface area contributed by atoms with Crippen molar-refractivity contribution in [3.63, 3.8) is 0 Å². The summed E-state index contributed by atoms with van der Waals surface area (Å²) < 4.78 is 1.96. The van der Waals surface area contributed by atoms with Gasteiger partial charge in [-0.15, -0.1) is 5.10 Å². The maximum Gasteiger partial charge on any atom is 0.244 e. The van der Waals surface area contributed by atoms with Crippen LogP contribution in [0, 0.1) is 0 Å². The largest absolute Gasteiger partial charge is 0.367 e. The first kappa shape index (κ1) is 9.85. The summed E-state index contributed by atoms with van der Waals surface area (Å²) in [6.45, 7) is 1.53. The van der Waals surface area contributed by atoms with Crippen molar-refractivity contribution in [3.8, 4) is 0 Å². The zero-order valence-corrected chi connectivity index (χ0v) is 8.59. The monoisotopic (exact) mass is 224 g/mol. The molecular formula is C8H9ClN6. The normalized spacial score (nSPS) is 10.2. The number of halogens is 1. The predicted octanol–water partition coefficient (Wildman–Crippen LogP) is 0.834. The summed E-state index contributed by atoms with van der Waals surface area (Å²) >= 11 is 5.58. The molecule has 0 amide bonds. The third kappa shape index (κ3) is 2.88. The summed E-state index contributed by atoms with van der Waals surface area (Å²) in [5.41, 5.74) is 0. The van der Waals surface area contributed by atoms with Crippen LogP contribution in [0.4, 0.5) is 5.82 Å². The third-order valence-electron chi connectivity index (χ3n) is 1.77. The Morgan fingerprint density at radius 1 is 1.47 bits per heavy atom. The van der Waals surface area contributed by atoms with Crippen molar-refractivity contribution in [1.29, 1.82) is 0 Å². The molecule has 2 heterocycles. The molecule has 1 N–H and O–H groups in total. The zero-order valence-electron chi connectivity index (χ0n) is 7.84. The molecule has 2 rings (SSSR count). The summed E-state index contributed by atoms with van der Waals surface area (Å²) in [6.07, 6.45) is 6.92. The van der Waals surface area contributed by atoms with Crippen LogP contribution in [0.25, 0.3) is 0 Å². The van der Waals surface area contributed by atoms with Crippen LogP contribution in [-0.4, -0.2) is 31.3 Å². The van der Waals surface area contributed by atoms with Crippen LogP contribution in [0.1, 0.15) is 0 Å². The van der Waals surface area contributed by atoms with Gasteiger partial charge in [-0.25, -0.2) is 4.98 Å². The molecule has 2 aromatic heterocycles. The molecule has 78 valence electrons. The smallest absolute Gasteiger partial charge is 0.244 e. The molecule has 0 saturated heterocycles. The molecule has 0 atom stereocenters. The summed E-state index contributed by atoms with van der Waals surface area (Å²) in [5, 5.41) is 10.4. The fourth-order valence-electron chi connectivity index (χ4n) is 1.10. The second-order valence-corrected chi connectivity index (χ2v) is 3.18. The van der Waals surface area contributed by atoms with E-state index in [-0.39, 0.29) is 5.28 Å². The topological polar surface area (TPSA) is 68.5 Å². The maximum atomic E-state index is 5.58. The SMILES string of the molecule is Clc1nncc(NCCn2ccnc2)n1. The summed E-state index contributed by atoms with van der Waals surface area (Å²) in [6, 6.07) is 0. The van der Waals surface area contributed by atoms with E-state index in [0.29, 0.717) is 5.82 Å². The molecule has 0 aliphatic heterocycles. The minimum absolute atomic E-state index is 0.141. The molecule has 0 radical (unpaired) electrons. The predicted molar refractivity (Wildman–Crippen MR) is 55.6 cm³/mol. The second kappa shape index (κ2) is 4.70. The van der Waals surface area contributed by atoms with E-state index >= 15 is 0 Å². The highest BCUT2D eigenvalue weighted by atomic mass is 35.5. The van der Waals surface area contributed by atoms with E-state index < -0.39 is 0 Å². The Morgan fingerprint density at radius 3 is 3.13 bits per heavy atom. The molecule has 7 heteroatoms. The molecule has 0 saturated carbocycles. The highest BCUT2D eigenvalue weighted by molar-refractivity contribution is 6.28. The fraction of sp³-hybridized carbons (Fsp3) is 0.250. The van der Waals surface area contributed by atoms with Crippen LogP contribution in [0.5, 0.6) is 0 Å². The summed E-state index contributed by atoms with van der Waals surface area (Å²) in [5.74, 6) is 0.620. The van der Waals surface area contributed by atoms with Crippen molar-refractivity contribution >= 4 is 17.4 Å². The van der Waals surface area contributed by atoms with Crippen LogP contribution in [0.2, 0.25) is 5.28 Å². The summed E-state index contributed by atoms with van der Waals surface area (Å²) in [4.78, 5) is 7.89. The van der Waals surface area contributed by atoms with E-state index in [4.69, 9.17) is 11.6 Å². The number of nitrogens with zero attached hydrogens (tertiary/aromatic N) is 5. The number of anilines is 1. The van der Waals surface area contributed by atoms with Crippen LogP contribution in [0.15, 0.2) is 24.9 Å². The Hall–Kier alpha value is -1.69. The van der Waals surface area contributed by atoms with Gasteiger partial charge in [-0.05, 0) is 11.6 Å². The van der Waals surface area contributed by atoms with Gasteiger partial charge < -0.3 is 9.88 Å². The van der Waals surface area contributed by atoms with Crippen molar-refractivity contribution in [3.05, 3.63) is 30.2 Å². The van der Waals surface area contributed by atoms with Crippen LogP contribution < -0.4 is 5.32 Å². The standard InChI is InChI=1S/C8H9ClN6/c9-8-13-7(5-12-14-8)11-2-4-15-3-1-10-6-15/h1,3,5-6H,2,4H2,(H,11,13,14). The molecule has 0 fully saturated rings. The van der Waals surface area contributed by atoms with E-state index in [1.54, 1.807) is 12.5 Å². The molecule has 0 bridgehead atoms. The van der Waals surface area contributed by atoms with E-state index in [1.807, 2.05) is 10.8 Å². The van der Waals surface area contributed by atoms with E-state index in [9.17, 15) is 0 Å². The second-order valence-electron chi connectivity index (χ2n) is 2.84. The summed E-state index contributed by atoms with van der Waals surface area (Å²) in [7, 11) is 0. The molecule has 0 unspecified atom stereocenters. The number of hydrogen-bond donors (Lipinski definition) is 1. The minimum atomic E-state index is 0.141. The van der Waals surface area contributed by atoms with Gasteiger partial charge in [0.05, 0.1) is 12.5 Å². The average Bonchev–Trinajstić information content (AvgIpc) is 2.71. The Balaban J connectivity index is 1.83. The first-order valence-electron chi connectivity index (χ1n) is 4.39. The van der Waals surface area contributed by atoms with Crippen LogP contribution >= 0.6 is 11.6 Å². The van der Waals surface area contributed by atoms with Gasteiger partial charge in [0.15, 0.2) is 0 Å². The van der Waals surface area contributed by atoms with E-state index in [1.165, 1.54) is 6.20 Å². The van der Waals surface area contributed by atoms with Crippen LogP contribution in [-0.2, 0) is 6.54 Å². The number of hydrogen-bond acceptors (Lipinski definition) is 5. The molecule has 6 nitrogen and oxygen atoms in total. The van der Waals surface area contributed by atoms with Crippen molar-refractivity contribution in [2.75, 3.05) is 11.9 Å². The first-order chi connectivity index (χ1) is 7.34. The molecule has 0 aliphatic rings. The molecule has 0 spiro atoms.